The normalized spacial score (nSPS) is 10.4. The monoisotopic (exact) mass is 358 g/mol. The maximum Gasteiger partial charge on any atom is 0.269 e. The van der Waals surface area contributed by atoms with Gasteiger partial charge in [-0.1, -0.05) is 0 Å². The molecule has 1 amide bonds. The van der Waals surface area contributed by atoms with E-state index in [9.17, 15) is 14.9 Å². The molecule has 8 heteroatoms. The molecule has 1 N–H and O–H groups in total. The highest BCUT2D eigenvalue weighted by molar-refractivity contribution is 6.02. The Morgan fingerprint density at radius 3 is 2.08 bits per heavy atom. The van der Waals surface area contributed by atoms with Gasteiger partial charge >= 0.3 is 0 Å². The van der Waals surface area contributed by atoms with Gasteiger partial charge < -0.3 is 19.5 Å². The molecule has 2 aromatic rings. The van der Waals surface area contributed by atoms with Crippen LogP contribution in [-0.4, -0.2) is 32.2 Å². The summed E-state index contributed by atoms with van der Waals surface area (Å²) in [6.45, 7) is 0. The van der Waals surface area contributed by atoms with Crippen LogP contribution in [0.25, 0.3) is 6.08 Å². The zero-order valence-corrected chi connectivity index (χ0v) is 14.5. The third kappa shape index (κ3) is 4.50. The number of methoxy groups -OCH3 is 3. The molecule has 0 aromatic heterocycles. The molecule has 0 radical (unpaired) electrons. The fraction of sp³-hybridized carbons (Fsp3) is 0.167. The van der Waals surface area contributed by atoms with Gasteiger partial charge in [-0.05, 0) is 35.9 Å². The summed E-state index contributed by atoms with van der Waals surface area (Å²) in [5, 5.41) is 13.2. The van der Waals surface area contributed by atoms with Crippen LogP contribution in [0, 0.1) is 10.1 Å². The molecule has 8 nitrogen and oxygen atoms in total. The molecule has 136 valence electrons. The van der Waals surface area contributed by atoms with Gasteiger partial charge in [0.05, 0.1) is 26.3 Å². The zero-order chi connectivity index (χ0) is 19.1. The Labute approximate surface area is 150 Å². The number of ether oxygens (including phenoxy) is 3. The quantitative estimate of drug-likeness (QED) is 0.463. The van der Waals surface area contributed by atoms with E-state index in [0.29, 0.717) is 28.5 Å². The first-order chi connectivity index (χ1) is 12.5. The Morgan fingerprint density at radius 2 is 1.62 bits per heavy atom. The van der Waals surface area contributed by atoms with Gasteiger partial charge in [-0.25, -0.2) is 0 Å². The summed E-state index contributed by atoms with van der Waals surface area (Å²) in [6, 6.07) is 8.97. The number of carbonyl (C=O) groups excluding carboxylic acids is 1. The molecule has 26 heavy (non-hydrogen) atoms. The number of anilines is 1. The number of non-ortho nitro benzene ring substituents is 1. The molecular formula is C18H18N2O6. The molecule has 0 atom stereocenters. The van der Waals surface area contributed by atoms with E-state index >= 15 is 0 Å². The first kappa shape index (κ1) is 18.8. The summed E-state index contributed by atoms with van der Waals surface area (Å²) in [7, 11) is 4.52. The van der Waals surface area contributed by atoms with Crippen LogP contribution in [0.5, 0.6) is 17.2 Å². The van der Waals surface area contributed by atoms with E-state index in [0.717, 1.165) is 0 Å². The van der Waals surface area contributed by atoms with Crippen LogP contribution in [0.1, 0.15) is 5.56 Å². The van der Waals surface area contributed by atoms with Crippen LogP contribution in [0.2, 0.25) is 0 Å². The molecule has 0 spiro atoms. The molecule has 0 bridgehead atoms. The Balaban J connectivity index is 2.13. The number of benzene rings is 2. The number of hydrogen-bond acceptors (Lipinski definition) is 6. The number of hydrogen-bond donors (Lipinski definition) is 1. The molecule has 0 aliphatic rings. The first-order valence-corrected chi connectivity index (χ1v) is 7.52. The van der Waals surface area contributed by atoms with Gasteiger partial charge in [0.1, 0.15) is 0 Å². The Hall–Kier alpha value is -3.55. The van der Waals surface area contributed by atoms with Crippen molar-refractivity contribution in [3.05, 3.63) is 58.2 Å². The van der Waals surface area contributed by atoms with Crippen molar-refractivity contribution in [1.82, 2.24) is 0 Å². The highest BCUT2D eigenvalue weighted by Crippen LogP contribution is 2.38. The van der Waals surface area contributed by atoms with Gasteiger partial charge in [0.2, 0.25) is 11.7 Å². The van der Waals surface area contributed by atoms with Crippen molar-refractivity contribution in [2.75, 3.05) is 26.6 Å². The molecular weight excluding hydrogens is 340 g/mol. The van der Waals surface area contributed by atoms with Gasteiger partial charge in [0.25, 0.3) is 5.69 Å². The van der Waals surface area contributed by atoms with Crippen molar-refractivity contribution in [1.29, 1.82) is 0 Å². The van der Waals surface area contributed by atoms with Gasteiger partial charge in [-0.15, -0.1) is 0 Å². The number of carbonyl (C=O) groups is 1. The fourth-order valence-corrected chi connectivity index (χ4v) is 2.22. The van der Waals surface area contributed by atoms with Crippen molar-refractivity contribution < 1.29 is 23.9 Å². The lowest BCUT2D eigenvalue weighted by Crippen LogP contribution is -2.07. The minimum absolute atomic E-state index is 0.0454. The molecule has 0 aliphatic heterocycles. The number of nitro groups is 1. The number of rotatable bonds is 7. The van der Waals surface area contributed by atoms with E-state index in [1.807, 2.05) is 0 Å². The van der Waals surface area contributed by atoms with E-state index in [2.05, 4.69) is 5.32 Å². The maximum atomic E-state index is 12.0. The molecule has 0 saturated carbocycles. The molecule has 0 aliphatic carbocycles. The van der Waals surface area contributed by atoms with E-state index in [1.54, 1.807) is 18.2 Å². The van der Waals surface area contributed by atoms with Gasteiger partial charge in [-0.2, -0.15) is 0 Å². The van der Waals surface area contributed by atoms with Crippen LogP contribution >= 0.6 is 0 Å². The van der Waals surface area contributed by atoms with Crippen LogP contribution in [0.4, 0.5) is 11.4 Å². The van der Waals surface area contributed by atoms with Crippen molar-refractivity contribution >= 4 is 23.4 Å². The topological polar surface area (TPSA) is 99.9 Å². The van der Waals surface area contributed by atoms with Crippen molar-refractivity contribution in [3.8, 4) is 17.2 Å². The van der Waals surface area contributed by atoms with E-state index in [-0.39, 0.29) is 11.6 Å². The number of nitrogens with zero attached hydrogens (tertiary/aromatic N) is 1. The largest absolute Gasteiger partial charge is 0.493 e. The molecule has 2 aromatic carbocycles. The summed E-state index contributed by atoms with van der Waals surface area (Å²) >= 11 is 0. The summed E-state index contributed by atoms with van der Waals surface area (Å²) in [6.07, 6.45) is 2.92. The molecule has 0 fully saturated rings. The van der Waals surface area contributed by atoms with Crippen LogP contribution in [-0.2, 0) is 4.79 Å². The average Bonchev–Trinajstić information content (AvgIpc) is 2.65. The highest BCUT2D eigenvalue weighted by Gasteiger charge is 2.12. The van der Waals surface area contributed by atoms with Gasteiger partial charge in [0.15, 0.2) is 11.5 Å². The third-order valence-electron chi connectivity index (χ3n) is 3.46. The molecule has 0 saturated heterocycles. The Bertz CT molecular complexity index is 805. The number of nitro benzene ring substituents is 1. The summed E-state index contributed by atoms with van der Waals surface area (Å²) in [4.78, 5) is 22.1. The minimum atomic E-state index is -0.504. The Kier molecular flexibility index (Phi) is 6.15. The molecule has 2 rings (SSSR count). The Morgan fingerprint density at radius 1 is 1.04 bits per heavy atom. The lowest BCUT2D eigenvalue weighted by Gasteiger charge is -2.12. The van der Waals surface area contributed by atoms with E-state index in [4.69, 9.17) is 14.2 Å². The van der Waals surface area contributed by atoms with Gasteiger partial charge in [0, 0.05) is 23.9 Å². The third-order valence-corrected chi connectivity index (χ3v) is 3.46. The van der Waals surface area contributed by atoms with Crippen molar-refractivity contribution in [3.63, 3.8) is 0 Å². The SMILES string of the molecule is COc1cc(/C=C/C(=O)Nc2ccc([N+](=O)[O-])cc2)cc(OC)c1OC. The fourth-order valence-electron chi connectivity index (χ4n) is 2.22. The summed E-state index contributed by atoms with van der Waals surface area (Å²) < 4.78 is 15.8. The van der Waals surface area contributed by atoms with Crippen LogP contribution in [0.15, 0.2) is 42.5 Å². The lowest BCUT2D eigenvalue weighted by atomic mass is 10.1. The van der Waals surface area contributed by atoms with Crippen molar-refractivity contribution in [2.24, 2.45) is 0 Å². The summed E-state index contributed by atoms with van der Waals surface area (Å²) in [5.74, 6) is 1.03. The van der Waals surface area contributed by atoms with E-state index < -0.39 is 4.92 Å². The molecule has 0 unspecified atom stereocenters. The second kappa shape index (κ2) is 8.52. The first-order valence-electron chi connectivity index (χ1n) is 7.52. The lowest BCUT2D eigenvalue weighted by molar-refractivity contribution is -0.384. The zero-order valence-electron chi connectivity index (χ0n) is 14.5. The summed E-state index contributed by atoms with van der Waals surface area (Å²) in [5.41, 5.74) is 1.09. The average molecular weight is 358 g/mol. The van der Waals surface area contributed by atoms with Crippen molar-refractivity contribution in [2.45, 2.75) is 0 Å². The number of amides is 1. The predicted molar refractivity (Wildman–Crippen MR) is 96.9 cm³/mol. The van der Waals surface area contributed by atoms with E-state index in [1.165, 1.54) is 51.7 Å². The molecule has 0 heterocycles. The second-order valence-corrected chi connectivity index (χ2v) is 5.09. The standard InChI is InChI=1S/C18H18N2O6/c1-24-15-10-12(11-16(25-2)18(15)26-3)4-9-17(21)19-13-5-7-14(8-6-13)20(22)23/h4-11H,1-3H3,(H,19,21)/b9-4+. The maximum absolute atomic E-state index is 12.0. The van der Waals surface area contributed by atoms with Crippen LogP contribution < -0.4 is 19.5 Å². The van der Waals surface area contributed by atoms with Crippen LogP contribution in [0.3, 0.4) is 0 Å². The minimum Gasteiger partial charge on any atom is -0.493 e. The predicted octanol–water partition coefficient (Wildman–Crippen LogP) is 3.27. The number of nitrogens with one attached hydrogen (secondary N) is 1. The van der Waals surface area contributed by atoms with Gasteiger partial charge in [-0.3, -0.25) is 14.9 Å². The second-order valence-electron chi connectivity index (χ2n) is 5.09. The highest BCUT2D eigenvalue weighted by atomic mass is 16.6. The smallest absolute Gasteiger partial charge is 0.269 e.